The normalized spacial score (nSPS) is 17.9. The van der Waals surface area contributed by atoms with Crippen LogP contribution in [0.15, 0.2) is 0 Å². The lowest BCUT2D eigenvalue weighted by molar-refractivity contribution is 0.0840. The van der Waals surface area contributed by atoms with Gasteiger partial charge in [0.05, 0.1) is 6.10 Å². The zero-order chi connectivity index (χ0) is 11.3. The maximum absolute atomic E-state index is 11.8. The van der Waals surface area contributed by atoms with Crippen molar-refractivity contribution in [3.05, 3.63) is 0 Å². The van der Waals surface area contributed by atoms with E-state index in [-0.39, 0.29) is 12.1 Å². The molecule has 5 heteroatoms. The number of carbonyl (C=O) groups is 1. The summed E-state index contributed by atoms with van der Waals surface area (Å²) >= 11 is 0. The second-order valence-corrected chi connectivity index (χ2v) is 4.06. The average Bonchev–Trinajstić information content (AvgIpc) is 2.26. The molecule has 1 rings (SSSR count). The summed E-state index contributed by atoms with van der Waals surface area (Å²) in [6, 6.07) is 0.0513. The molecular weight excluding hydrogens is 194 g/mol. The third-order valence-electron chi connectivity index (χ3n) is 2.76. The number of nitrogens with zero attached hydrogens (tertiary/aromatic N) is 2. The first-order valence-corrected chi connectivity index (χ1v) is 5.53. The largest absolute Gasteiger partial charge is 0.393 e. The molecule has 1 fully saturated rings. The minimum atomic E-state index is -0.233. The minimum absolute atomic E-state index is 0.0513. The molecule has 1 aliphatic rings. The molecular formula is C10H21N3O2. The molecule has 1 heterocycles. The van der Waals surface area contributed by atoms with Crippen molar-refractivity contribution in [3.63, 3.8) is 0 Å². The highest BCUT2D eigenvalue weighted by Crippen LogP contribution is 2.11. The Hall–Kier alpha value is -0.810. The van der Waals surface area contributed by atoms with E-state index in [1.54, 1.807) is 16.8 Å². The molecule has 0 atom stereocenters. The molecule has 0 aromatic rings. The molecule has 1 aliphatic heterocycles. The molecule has 0 bridgehead atoms. The first kappa shape index (κ1) is 12.3. The second-order valence-electron chi connectivity index (χ2n) is 4.06. The van der Waals surface area contributed by atoms with Crippen LogP contribution in [0.25, 0.3) is 0 Å². The highest BCUT2D eigenvalue weighted by Gasteiger charge is 2.23. The topological polar surface area (TPSA) is 69.8 Å². The Bertz CT molecular complexity index is 203. The lowest BCUT2D eigenvalue weighted by atomic mass is 10.1. The van der Waals surface area contributed by atoms with Gasteiger partial charge in [-0.2, -0.15) is 0 Å². The Kier molecular flexibility index (Phi) is 4.84. The summed E-state index contributed by atoms with van der Waals surface area (Å²) in [6.45, 7) is 2.63. The summed E-state index contributed by atoms with van der Waals surface area (Å²) in [5.41, 5.74) is 5.39. The van der Waals surface area contributed by atoms with E-state index in [0.29, 0.717) is 39.0 Å². The number of nitrogens with two attached hydrogens (primary N) is 1. The molecule has 0 aromatic heterocycles. The van der Waals surface area contributed by atoms with Crippen LogP contribution in [0.5, 0.6) is 0 Å². The van der Waals surface area contributed by atoms with Gasteiger partial charge in [0.25, 0.3) is 0 Å². The number of carbonyl (C=O) groups excluding carboxylic acids is 1. The average molecular weight is 215 g/mol. The number of urea groups is 1. The molecule has 0 radical (unpaired) electrons. The lowest BCUT2D eigenvalue weighted by Gasteiger charge is -2.32. The number of aliphatic hydroxyl groups excluding tert-OH is 1. The van der Waals surface area contributed by atoms with Crippen molar-refractivity contribution in [2.24, 2.45) is 5.73 Å². The first-order valence-electron chi connectivity index (χ1n) is 5.53. The van der Waals surface area contributed by atoms with E-state index in [4.69, 9.17) is 5.73 Å². The Morgan fingerprint density at radius 1 is 1.53 bits per heavy atom. The van der Waals surface area contributed by atoms with Crippen molar-refractivity contribution in [3.8, 4) is 0 Å². The maximum atomic E-state index is 11.8. The van der Waals surface area contributed by atoms with Gasteiger partial charge in [-0.05, 0) is 25.8 Å². The molecule has 2 amide bonds. The number of hydrogen-bond acceptors (Lipinski definition) is 3. The fourth-order valence-electron chi connectivity index (χ4n) is 1.72. The van der Waals surface area contributed by atoms with Crippen LogP contribution in [-0.2, 0) is 0 Å². The quantitative estimate of drug-likeness (QED) is 0.687. The van der Waals surface area contributed by atoms with Crippen LogP contribution in [0.4, 0.5) is 4.79 Å². The van der Waals surface area contributed by atoms with Gasteiger partial charge in [0.15, 0.2) is 0 Å². The van der Waals surface area contributed by atoms with Crippen LogP contribution in [0.2, 0.25) is 0 Å². The first-order chi connectivity index (χ1) is 7.15. The molecule has 1 saturated heterocycles. The summed E-state index contributed by atoms with van der Waals surface area (Å²) < 4.78 is 0. The number of aliphatic hydroxyl groups is 1. The van der Waals surface area contributed by atoms with Crippen molar-refractivity contribution < 1.29 is 9.90 Å². The van der Waals surface area contributed by atoms with E-state index in [0.717, 1.165) is 6.42 Å². The highest BCUT2D eigenvalue weighted by molar-refractivity contribution is 5.74. The fourth-order valence-corrected chi connectivity index (χ4v) is 1.72. The van der Waals surface area contributed by atoms with Crippen molar-refractivity contribution in [1.82, 2.24) is 9.80 Å². The summed E-state index contributed by atoms with van der Waals surface area (Å²) in [4.78, 5) is 15.3. The van der Waals surface area contributed by atoms with Crippen molar-refractivity contribution in [2.75, 3.05) is 33.2 Å². The Labute approximate surface area is 90.8 Å². The maximum Gasteiger partial charge on any atom is 0.319 e. The third-order valence-corrected chi connectivity index (χ3v) is 2.76. The van der Waals surface area contributed by atoms with Crippen LogP contribution in [0.1, 0.15) is 19.3 Å². The number of piperidine rings is 1. The molecule has 0 aromatic carbocycles. The Balaban J connectivity index is 2.32. The zero-order valence-electron chi connectivity index (χ0n) is 9.35. The molecule has 15 heavy (non-hydrogen) atoms. The van der Waals surface area contributed by atoms with E-state index in [1.165, 1.54) is 0 Å². The molecule has 0 saturated carbocycles. The predicted molar refractivity (Wildman–Crippen MR) is 58.5 cm³/mol. The van der Waals surface area contributed by atoms with Crippen LogP contribution in [0.3, 0.4) is 0 Å². The Morgan fingerprint density at radius 2 is 2.13 bits per heavy atom. The van der Waals surface area contributed by atoms with Crippen LogP contribution in [0, 0.1) is 0 Å². The monoisotopic (exact) mass is 215 g/mol. The van der Waals surface area contributed by atoms with Gasteiger partial charge in [0, 0.05) is 26.7 Å². The van der Waals surface area contributed by atoms with Crippen molar-refractivity contribution >= 4 is 6.03 Å². The van der Waals surface area contributed by atoms with Gasteiger partial charge in [0.2, 0.25) is 0 Å². The summed E-state index contributed by atoms with van der Waals surface area (Å²) in [7, 11) is 1.79. The second kappa shape index (κ2) is 5.92. The number of hydrogen-bond donors (Lipinski definition) is 2. The van der Waals surface area contributed by atoms with Gasteiger partial charge in [-0.3, -0.25) is 0 Å². The molecule has 3 N–H and O–H groups in total. The molecule has 0 unspecified atom stereocenters. The lowest BCUT2D eigenvalue weighted by Crippen LogP contribution is -2.46. The van der Waals surface area contributed by atoms with Crippen LogP contribution < -0.4 is 5.73 Å². The van der Waals surface area contributed by atoms with E-state index in [1.807, 2.05) is 0 Å². The van der Waals surface area contributed by atoms with E-state index in [9.17, 15) is 9.90 Å². The van der Waals surface area contributed by atoms with Crippen LogP contribution in [-0.4, -0.2) is 60.3 Å². The third kappa shape index (κ3) is 3.68. The summed E-state index contributed by atoms with van der Waals surface area (Å²) in [5.74, 6) is 0. The molecule has 0 spiro atoms. The number of amides is 2. The van der Waals surface area contributed by atoms with Gasteiger partial charge in [-0.1, -0.05) is 0 Å². The van der Waals surface area contributed by atoms with E-state index >= 15 is 0 Å². The van der Waals surface area contributed by atoms with Gasteiger partial charge in [0.1, 0.15) is 0 Å². The predicted octanol–water partition coefficient (Wildman–Crippen LogP) is -0.156. The van der Waals surface area contributed by atoms with Crippen molar-refractivity contribution in [1.29, 1.82) is 0 Å². The van der Waals surface area contributed by atoms with Crippen LogP contribution >= 0.6 is 0 Å². The standard InChI is InChI=1S/C10H21N3O2/c1-12(6-2-5-11)10(15)13-7-3-9(14)4-8-13/h9,14H,2-8,11H2,1H3. The fraction of sp³-hybridized carbons (Fsp3) is 0.900. The number of rotatable bonds is 3. The summed E-state index contributed by atoms with van der Waals surface area (Å²) in [6.07, 6.45) is 1.98. The molecule has 88 valence electrons. The smallest absolute Gasteiger partial charge is 0.319 e. The Morgan fingerprint density at radius 3 is 2.67 bits per heavy atom. The SMILES string of the molecule is CN(CCCN)C(=O)N1CCC(O)CC1. The molecule has 5 nitrogen and oxygen atoms in total. The minimum Gasteiger partial charge on any atom is -0.393 e. The van der Waals surface area contributed by atoms with E-state index < -0.39 is 0 Å². The zero-order valence-corrected chi connectivity index (χ0v) is 9.35. The van der Waals surface area contributed by atoms with Crippen molar-refractivity contribution in [2.45, 2.75) is 25.4 Å². The molecule has 0 aliphatic carbocycles. The van der Waals surface area contributed by atoms with Gasteiger partial charge in [-0.15, -0.1) is 0 Å². The highest BCUT2D eigenvalue weighted by atomic mass is 16.3. The number of likely N-dealkylation sites (tertiary alicyclic amines) is 1. The van der Waals surface area contributed by atoms with Gasteiger partial charge in [-0.25, -0.2) is 4.79 Å². The van der Waals surface area contributed by atoms with E-state index in [2.05, 4.69) is 0 Å². The van der Waals surface area contributed by atoms with Gasteiger partial charge < -0.3 is 20.6 Å². The summed E-state index contributed by atoms with van der Waals surface area (Å²) in [5, 5.41) is 9.32. The van der Waals surface area contributed by atoms with Gasteiger partial charge >= 0.3 is 6.03 Å².